The van der Waals surface area contributed by atoms with E-state index in [4.69, 9.17) is 10.5 Å². The second kappa shape index (κ2) is 6.96. The second-order valence-corrected chi connectivity index (χ2v) is 7.28. The van der Waals surface area contributed by atoms with Gasteiger partial charge in [-0.05, 0) is 56.5 Å². The Morgan fingerprint density at radius 1 is 1.43 bits per heavy atom. The van der Waals surface area contributed by atoms with Gasteiger partial charge in [0.05, 0.1) is 12.0 Å². The lowest BCUT2D eigenvalue weighted by molar-refractivity contribution is 0.403. The smallest absolute Gasteiger partial charge is 0.243 e. The summed E-state index contributed by atoms with van der Waals surface area (Å²) < 4.78 is 32.1. The van der Waals surface area contributed by atoms with Gasteiger partial charge in [-0.25, -0.2) is 8.42 Å². The molecular formula is C14H23ClN2O3S. The van der Waals surface area contributed by atoms with Crippen LogP contribution in [0.15, 0.2) is 23.1 Å². The molecule has 0 spiro atoms. The molecule has 2 atom stereocenters. The van der Waals surface area contributed by atoms with Gasteiger partial charge in [-0.2, -0.15) is 4.31 Å². The number of ether oxygens (including phenoxy) is 1. The third-order valence-corrected chi connectivity index (χ3v) is 5.89. The highest BCUT2D eigenvalue weighted by Crippen LogP contribution is 2.30. The van der Waals surface area contributed by atoms with Crippen molar-refractivity contribution in [3.63, 3.8) is 0 Å². The van der Waals surface area contributed by atoms with E-state index in [0.29, 0.717) is 23.7 Å². The highest BCUT2D eigenvalue weighted by molar-refractivity contribution is 7.89. The van der Waals surface area contributed by atoms with E-state index in [1.165, 1.54) is 0 Å². The molecule has 120 valence electrons. The summed E-state index contributed by atoms with van der Waals surface area (Å²) in [6.45, 7) is 4.81. The van der Waals surface area contributed by atoms with Gasteiger partial charge in [0, 0.05) is 12.6 Å². The molecule has 1 aliphatic rings. The molecule has 0 bridgehead atoms. The number of nitrogens with two attached hydrogens (primary N) is 1. The van der Waals surface area contributed by atoms with Gasteiger partial charge in [0.15, 0.2) is 0 Å². The number of benzene rings is 1. The number of rotatable bonds is 4. The van der Waals surface area contributed by atoms with Crippen LogP contribution in [-0.4, -0.2) is 39.0 Å². The van der Waals surface area contributed by atoms with Crippen LogP contribution in [0.2, 0.25) is 0 Å². The molecule has 21 heavy (non-hydrogen) atoms. The number of hydrogen-bond acceptors (Lipinski definition) is 4. The van der Waals surface area contributed by atoms with Crippen molar-refractivity contribution in [3.8, 4) is 5.75 Å². The zero-order valence-electron chi connectivity index (χ0n) is 12.6. The van der Waals surface area contributed by atoms with Gasteiger partial charge >= 0.3 is 0 Å². The van der Waals surface area contributed by atoms with Gasteiger partial charge in [0.1, 0.15) is 5.75 Å². The van der Waals surface area contributed by atoms with Crippen LogP contribution in [0.4, 0.5) is 0 Å². The summed E-state index contributed by atoms with van der Waals surface area (Å²) in [5.41, 5.74) is 6.48. The largest absolute Gasteiger partial charge is 0.496 e. The number of hydrogen-bond donors (Lipinski definition) is 1. The SMILES string of the molecule is COc1ccc(S(=O)(=O)N2CC(CN)CC2C)cc1C.Cl. The highest BCUT2D eigenvalue weighted by Gasteiger charge is 2.37. The topological polar surface area (TPSA) is 72.6 Å². The van der Waals surface area contributed by atoms with Crippen LogP contribution >= 0.6 is 12.4 Å². The van der Waals surface area contributed by atoms with Crippen LogP contribution < -0.4 is 10.5 Å². The van der Waals surface area contributed by atoms with Gasteiger partial charge in [-0.3, -0.25) is 0 Å². The molecule has 0 amide bonds. The van der Waals surface area contributed by atoms with E-state index >= 15 is 0 Å². The lowest BCUT2D eigenvalue weighted by Gasteiger charge is -2.21. The Morgan fingerprint density at radius 3 is 2.57 bits per heavy atom. The van der Waals surface area contributed by atoms with E-state index in [1.54, 1.807) is 29.6 Å². The highest BCUT2D eigenvalue weighted by atomic mass is 35.5. The van der Waals surface area contributed by atoms with Gasteiger partial charge in [0.2, 0.25) is 10.0 Å². The molecule has 0 aliphatic carbocycles. The van der Waals surface area contributed by atoms with Crippen molar-refractivity contribution in [2.45, 2.75) is 31.2 Å². The molecule has 0 radical (unpaired) electrons. The number of halogens is 1. The summed E-state index contributed by atoms with van der Waals surface area (Å²) in [7, 11) is -1.88. The third kappa shape index (κ3) is 3.51. The monoisotopic (exact) mass is 334 g/mol. The lowest BCUT2D eigenvalue weighted by Crippen LogP contribution is -2.34. The fourth-order valence-electron chi connectivity index (χ4n) is 2.76. The Morgan fingerprint density at radius 2 is 2.10 bits per heavy atom. The molecule has 2 unspecified atom stereocenters. The predicted octanol–water partition coefficient (Wildman–Crippen LogP) is 1.78. The van der Waals surface area contributed by atoms with Crippen LogP contribution in [-0.2, 0) is 10.0 Å². The van der Waals surface area contributed by atoms with Crippen molar-refractivity contribution >= 4 is 22.4 Å². The minimum absolute atomic E-state index is 0. The molecule has 1 fully saturated rings. The Hall–Kier alpha value is -0.820. The first-order valence-electron chi connectivity index (χ1n) is 6.76. The van der Waals surface area contributed by atoms with E-state index in [2.05, 4.69) is 0 Å². The minimum atomic E-state index is -3.46. The van der Waals surface area contributed by atoms with Crippen LogP contribution in [0.25, 0.3) is 0 Å². The van der Waals surface area contributed by atoms with E-state index in [0.717, 1.165) is 12.0 Å². The Balaban J connectivity index is 0.00000220. The first-order chi connectivity index (χ1) is 9.40. The molecule has 5 nitrogen and oxygen atoms in total. The first-order valence-corrected chi connectivity index (χ1v) is 8.20. The Kier molecular flexibility index (Phi) is 6.04. The van der Waals surface area contributed by atoms with Gasteiger partial charge < -0.3 is 10.5 Å². The normalized spacial score (nSPS) is 22.9. The maximum Gasteiger partial charge on any atom is 0.243 e. The summed E-state index contributed by atoms with van der Waals surface area (Å²) >= 11 is 0. The molecule has 2 N–H and O–H groups in total. The van der Waals surface area contributed by atoms with Crippen molar-refractivity contribution in [1.82, 2.24) is 4.31 Å². The van der Waals surface area contributed by atoms with Crippen LogP contribution in [0.3, 0.4) is 0 Å². The summed E-state index contributed by atoms with van der Waals surface area (Å²) in [6, 6.07) is 4.96. The van der Waals surface area contributed by atoms with Crippen LogP contribution in [0.1, 0.15) is 18.9 Å². The summed E-state index contributed by atoms with van der Waals surface area (Å²) in [4.78, 5) is 0.320. The maximum absolute atomic E-state index is 12.7. The molecule has 1 aliphatic heterocycles. The van der Waals surface area contributed by atoms with Crippen molar-refractivity contribution < 1.29 is 13.2 Å². The van der Waals surface area contributed by atoms with Gasteiger partial charge in [0.25, 0.3) is 0 Å². The second-order valence-electron chi connectivity index (χ2n) is 5.39. The number of nitrogens with zero attached hydrogens (tertiary/aromatic N) is 1. The molecule has 0 saturated carbocycles. The van der Waals surface area contributed by atoms with Crippen molar-refractivity contribution in [2.24, 2.45) is 11.7 Å². The lowest BCUT2D eigenvalue weighted by atomic mass is 10.1. The standard InChI is InChI=1S/C14H22N2O3S.ClH/c1-10-6-13(4-5-14(10)19-3)20(17,18)16-9-12(8-15)7-11(16)2;/h4-6,11-12H,7-9,15H2,1-3H3;1H. The average molecular weight is 335 g/mol. The van der Waals surface area contributed by atoms with Crippen LogP contribution in [0.5, 0.6) is 5.75 Å². The fraction of sp³-hybridized carbons (Fsp3) is 0.571. The Labute approximate surface area is 132 Å². The number of methoxy groups -OCH3 is 1. The molecule has 7 heteroatoms. The minimum Gasteiger partial charge on any atom is -0.496 e. The number of sulfonamides is 1. The predicted molar refractivity (Wildman–Crippen MR) is 85.5 cm³/mol. The van der Waals surface area contributed by atoms with Crippen molar-refractivity contribution in [3.05, 3.63) is 23.8 Å². The summed E-state index contributed by atoms with van der Waals surface area (Å²) in [5, 5.41) is 0. The molecular weight excluding hydrogens is 312 g/mol. The molecule has 1 aromatic carbocycles. The zero-order chi connectivity index (χ0) is 14.9. The third-order valence-electron chi connectivity index (χ3n) is 3.91. The summed E-state index contributed by atoms with van der Waals surface area (Å²) in [6.07, 6.45) is 0.824. The van der Waals surface area contributed by atoms with Gasteiger partial charge in [-0.15, -0.1) is 12.4 Å². The maximum atomic E-state index is 12.7. The van der Waals surface area contributed by atoms with E-state index < -0.39 is 10.0 Å². The van der Waals surface area contributed by atoms with E-state index in [1.807, 2.05) is 13.8 Å². The summed E-state index contributed by atoms with van der Waals surface area (Å²) in [5.74, 6) is 0.942. The number of aryl methyl sites for hydroxylation is 1. The van der Waals surface area contributed by atoms with Gasteiger partial charge in [-0.1, -0.05) is 0 Å². The van der Waals surface area contributed by atoms with Crippen LogP contribution in [0, 0.1) is 12.8 Å². The molecule has 2 rings (SSSR count). The Bertz CT molecular complexity index is 592. The van der Waals surface area contributed by atoms with Crippen molar-refractivity contribution in [2.75, 3.05) is 20.2 Å². The average Bonchev–Trinajstić information content (AvgIpc) is 2.80. The molecule has 1 aromatic rings. The molecule has 1 heterocycles. The fourth-order valence-corrected chi connectivity index (χ4v) is 4.56. The van der Waals surface area contributed by atoms with E-state index in [-0.39, 0.29) is 24.4 Å². The van der Waals surface area contributed by atoms with E-state index in [9.17, 15) is 8.42 Å². The zero-order valence-corrected chi connectivity index (χ0v) is 14.2. The molecule has 0 aromatic heterocycles. The quantitative estimate of drug-likeness (QED) is 0.911. The van der Waals surface area contributed by atoms with Crippen molar-refractivity contribution in [1.29, 1.82) is 0 Å². The first kappa shape index (κ1) is 18.2. The molecule has 1 saturated heterocycles.